The number of ketones is 2. The standard InChI is InChI=1S/C44H82N2O6.C6H8O3S2/c1-3-5-7-9-11-13-15-17-19-21-23-25-27-29-31-35-42(47)50-38-40(39-51-44(49)41(46)34-33-37-45)52-43(48)36-32-30-28-26-24-22-20-18-16-14-12-10-8-6-4-2;7-3-1-2-4(8)6(11-10)5(3)9/h17-20,40-41H,3-16,21-39,45-46H2,1-2H3;5-6,9-10H,1-2H2/b19-17-,20-18-;/t40-,41+;/m1./s1. The van der Waals surface area contributed by atoms with E-state index in [0.717, 1.165) is 75.0 Å². The Balaban J connectivity index is 0.00000301. The molecule has 0 aromatic heterocycles. The molecule has 0 radical (unpaired) electrons. The van der Waals surface area contributed by atoms with Crippen LogP contribution in [0.25, 0.3) is 0 Å². The average Bonchev–Trinajstić information content (AvgIpc) is 3.28. The lowest BCUT2D eigenvalue weighted by atomic mass is 9.95. The first-order chi connectivity index (χ1) is 30.6. The molecule has 0 aliphatic heterocycles. The first-order valence-electron chi connectivity index (χ1n) is 24.9. The number of Topliss-reactive ketones (excluding diaryl/α,β-unsaturated/α-hetero) is 2. The Bertz CT molecular complexity index is 1220. The topological polar surface area (TPSA) is 185 Å². The molecule has 1 fully saturated rings. The molecule has 1 aliphatic carbocycles. The van der Waals surface area contributed by atoms with E-state index in [1.807, 2.05) is 0 Å². The largest absolute Gasteiger partial charge is 0.462 e. The van der Waals surface area contributed by atoms with Crippen LogP contribution in [0.1, 0.15) is 219 Å². The highest BCUT2D eigenvalue weighted by molar-refractivity contribution is 8.69. The third-order valence-corrected chi connectivity index (χ3v) is 12.5. The van der Waals surface area contributed by atoms with Gasteiger partial charge in [0.05, 0.1) is 0 Å². The van der Waals surface area contributed by atoms with Gasteiger partial charge in [-0.1, -0.05) is 152 Å². The van der Waals surface area contributed by atoms with E-state index in [9.17, 15) is 24.0 Å². The highest BCUT2D eigenvalue weighted by Gasteiger charge is 2.36. The van der Waals surface area contributed by atoms with Gasteiger partial charge in [-0.3, -0.25) is 24.0 Å². The maximum Gasteiger partial charge on any atom is 0.323 e. The van der Waals surface area contributed by atoms with E-state index in [-0.39, 0.29) is 56.0 Å². The van der Waals surface area contributed by atoms with E-state index >= 15 is 0 Å². The molecule has 0 heterocycles. The van der Waals surface area contributed by atoms with Crippen molar-refractivity contribution in [3.05, 3.63) is 24.3 Å². The second-order valence-corrected chi connectivity index (χ2v) is 18.4. The van der Waals surface area contributed by atoms with Crippen molar-refractivity contribution in [2.24, 2.45) is 11.5 Å². The molecule has 5 N–H and O–H groups in total. The van der Waals surface area contributed by atoms with Crippen LogP contribution in [0.5, 0.6) is 0 Å². The lowest BCUT2D eigenvalue weighted by molar-refractivity contribution is -0.167. The number of allylic oxidation sites excluding steroid dienone is 4. The van der Waals surface area contributed by atoms with Gasteiger partial charge in [0, 0.05) is 25.7 Å². The monoisotopic (exact) mass is 927 g/mol. The quantitative estimate of drug-likeness (QED) is 0.0114. The highest BCUT2D eigenvalue weighted by atomic mass is 33.1. The minimum atomic E-state index is -1.14. The molecule has 1 rings (SSSR count). The number of hydrogen-bond donors (Lipinski definition) is 4. The Morgan fingerprint density at radius 2 is 1.05 bits per heavy atom. The minimum Gasteiger partial charge on any atom is -0.462 e. The van der Waals surface area contributed by atoms with E-state index in [4.69, 9.17) is 30.8 Å². The number of rotatable bonds is 40. The molecule has 0 spiro atoms. The summed E-state index contributed by atoms with van der Waals surface area (Å²) in [4.78, 5) is 59.3. The van der Waals surface area contributed by atoms with E-state index in [2.05, 4.69) is 49.8 Å². The number of ether oxygens (including phenoxy) is 3. The maximum atomic E-state index is 12.6. The number of hydrogen-bond acceptors (Lipinski definition) is 13. The summed E-state index contributed by atoms with van der Waals surface area (Å²) in [6.07, 6.45) is 40.2. The van der Waals surface area contributed by atoms with Crippen LogP contribution in [0.4, 0.5) is 0 Å². The van der Waals surface area contributed by atoms with Gasteiger partial charge in [-0.15, -0.1) is 11.7 Å². The summed E-state index contributed by atoms with van der Waals surface area (Å²) in [6.45, 7) is 4.59. The van der Waals surface area contributed by atoms with Crippen molar-refractivity contribution in [3.63, 3.8) is 0 Å². The number of nitrogens with two attached hydrogens (primary N) is 2. The summed E-state index contributed by atoms with van der Waals surface area (Å²) in [6, 6.07) is -0.792. The number of thiol groups is 1. The van der Waals surface area contributed by atoms with Gasteiger partial charge in [0.2, 0.25) is 0 Å². The molecule has 4 atom stereocenters. The highest BCUT2D eigenvalue weighted by Crippen LogP contribution is 2.26. The number of aliphatic hydroxyl groups is 1. The van der Waals surface area contributed by atoms with Crippen molar-refractivity contribution in [1.29, 1.82) is 0 Å². The fourth-order valence-corrected chi connectivity index (χ4v) is 8.24. The zero-order valence-corrected chi connectivity index (χ0v) is 41.3. The Kier molecular flexibility index (Phi) is 43.4. The maximum absolute atomic E-state index is 12.6. The van der Waals surface area contributed by atoms with Crippen molar-refractivity contribution >= 4 is 51.9 Å². The molecule has 0 bridgehead atoms. The van der Waals surface area contributed by atoms with Crippen LogP contribution in [-0.2, 0) is 38.2 Å². The first-order valence-corrected chi connectivity index (χ1v) is 26.8. The second-order valence-electron chi connectivity index (χ2n) is 17.0. The van der Waals surface area contributed by atoms with Crippen molar-refractivity contribution < 1.29 is 43.3 Å². The van der Waals surface area contributed by atoms with Gasteiger partial charge in [0.25, 0.3) is 0 Å². The molecule has 11 nitrogen and oxygen atoms in total. The minimum absolute atomic E-state index is 0.0860. The lowest BCUT2D eigenvalue weighted by Gasteiger charge is -2.22. The van der Waals surface area contributed by atoms with Gasteiger partial charge in [-0.25, -0.2) is 0 Å². The molecule has 0 saturated heterocycles. The van der Waals surface area contributed by atoms with Crippen LogP contribution in [-0.4, -0.2) is 77.8 Å². The fourth-order valence-electron chi connectivity index (χ4n) is 7.03. The van der Waals surface area contributed by atoms with Crippen LogP contribution in [0.15, 0.2) is 24.3 Å². The molecule has 2 unspecified atom stereocenters. The van der Waals surface area contributed by atoms with Gasteiger partial charge in [-0.2, -0.15) is 0 Å². The lowest BCUT2D eigenvalue weighted by Crippen LogP contribution is -2.41. The van der Waals surface area contributed by atoms with Crippen molar-refractivity contribution in [2.75, 3.05) is 19.8 Å². The Morgan fingerprint density at radius 1 is 0.635 bits per heavy atom. The van der Waals surface area contributed by atoms with Crippen molar-refractivity contribution in [2.45, 2.75) is 243 Å². The predicted molar refractivity (Wildman–Crippen MR) is 263 cm³/mol. The first kappa shape index (κ1) is 60.8. The molecule has 0 aromatic carbocycles. The van der Waals surface area contributed by atoms with Crippen molar-refractivity contribution in [1.82, 2.24) is 0 Å². The van der Waals surface area contributed by atoms with Crippen LogP contribution >= 0.6 is 22.5 Å². The van der Waals surface area contributed by atoms with Gasteiger partial charge in [0.1, 0.15) is 36.4 Å². The van der Waals surface area contributed by atoms with Crippen LogP contribution in [0, 0.1) is 0 Å². The molecule has 0 amide bonds. The molecule has 1 saturated carbocycles. The number of unbranched alkanes of at least 4 members (excludes halogenated alkanes) is 22. The summed E-state index contributed by atoms with van der Waals surface area (Å²) in [5.41, 5.74) is 11.4. The van der Waals surface area contributed by atoms with Gasteiger partial charge >= 0.3 is 17.9 Å². The number of esters is 3. The molecular weight excluding hydrogens is 837 g/mol. The van der Waals surface area contributed by atoms with E-state index < -0.39 is 29.5 Å². The summed E-state index contributed by atoms with van der Waals surface area (Å²) in [5, 5.41) is 8.51. The SMILES string of the molecule is CCCCCCCC/C=C\CCCCCCCC(=O)OC[C@H](COC(=O)[C@@H](N)CCCN)OC(=O)CCCCCCC/C=C\CCCCCCCC.O=C1CCC(=O)C(SS)C1O. The Morgan fingerprint density at radius 3 is 1.49 bits per heavy atom. The van der Waals surface area contributed by atoms with Crippen molar-refractivity contribution in [3.8, 4) is 0 Å². The van der Waals surface area contributed by atoms with Gasteiger partial charge in [-0.05, 0) is 83.6 Å². The zero-order valence-electron chi connectivity index (χ0n) is 39.6. The van der Waals surface area contributed by atoms with Crippen LogP contribution < -0.4 is 11.5 Å². The molecule has 13 heteroatoms. The van der Waals surface area contributed by atoms with Gasteiger partial charge in [0.15, 0.2) is 11.9 Å². The van der Waals surface area contributed by atoms with E-state index in [0.29, 0.717) is 25.8 Å². The number of carbonyl (C=O) groups is 5. The van der Waals surface area contributed by atoms with E-state index in [1.165, 1.54) is 103 Å². The Hall–Kier alpha value is -2.19. The third-order valence-electron chi connectivity index (χ3n) is 11.1. The Labute approximate surface area is 392 Å². The van der Waals surface area contributed by atoms with Gasteiger partial charge < -0.3 is 30.8 Å². The summed E-state index contributed by atoms with van der Waals surface area (Å²) in [7, 11) is 0.940. The molecule has 0 aromatic rings. The molecule has 63 heavy (non-hydrogen) atoms. The van der Waals surface area contributed by atoms with Crippen LogP contribution in [0.3, 0.4) is 0 Å². The summed E-state index contributed by atoms with van der Waals surface area (Å²) < 4.78 is 16.4. The third kappa shape index (κ3) is 37.7. The zero-order chi connectivity index (χ0) is 46.6. The summed E-state index contributed by atoms with van der Waals surface area (Å²) in [5.74, 6) is -1.62. The molecule has 366 valence electrons. The molecule has 1 aliphatic rings. The average molecular weight is 927 g/mol. The predicted octanol–water partition coefficient (Wildman–Crippen LogP) is 11.4. The normalized spacial score (nSPS) is 16.2. The molecular formula is C50H90N2O9S2. The number of carbonyl (C=O) groups excluding carboxylic acids is 5. The smallest absolute Gasteiger partial charge is 0.323 e. The second kappa shape index (κ2) is 45.0. The van der Waals surface area contributed by atoms with Crippen LogP contribution in [0.2, 0.25) is 0 Å². The fraction of sp³-hybridized carbons (Fsp3) is 0.820. The van der Waals surface area contributed by atoms with E-state index in [1.54, 1.807) is 0 Å². The summed E-state index contributed by atoms with van der Waals surface area (Å²) >= 11 is 3.81. The number of aliphatic hydroxyl groups excluding tert-OH is 1.